The number of aliphatic hydroxyl groups excluding tert-OH is 1. The fourth-order valence-electron chi connectivity index (χ4n) is 2.85. The third-order valence-corrected chi connectivity index (χ3v) is 4.48. The Balaban J connectivity index is 1.62. The second-order valence-electron chi connectivity index (χ2n) is 5.76. The lowest BCUT2D eigenvalue weighted by Gasteiger charge is -2.36. The quantitative estimate of drug-likeness (QED) is 0.938. The molecule has 1 N–H and O–H groups in total. The molecule has 2 heterocycles. The van der Waals surface area contributed by atoms with Crippen molar-refractivity contribution in [3.8, 4) is 11.4 Å². The van der Waals surface area contributed by atoms with E-state index in [-0.39, 0.29) is 12.1 Å². The van der Waals surface area contributed by atoms with Gasteiger partial charge in [0, 0.05) is 29.6 Å². The Bertz CT molecular complexity index is 631. The van der Waals surface area contributed by atoms with E-state index in [0.717, 1.165) is 31.5 Å². The Labute approximate surface area is 134 Å². The van der Waals surface area contributed by atoms with Crippen molar-refractivity contribution in [3.63, 3.8) is 0 Å². The second-order valence-corrected chi connectivity index (χ2v) is 6.19. The molecule has 3 rings (SSSR count). The first-order valence-corrected chi connectivity index (χ1v) is 8.02. The zero-order chi connectivity index (χ0) is 15.5. The van der Waals surface area contributed by atoms with Crippen molar-refractivity contribution in [2.45, 2.75) is 38.3 Å². The van der Waals surface area contributed by atoms with Crippen molar-refractivity contribution in [1.82, 2.24) is 15.0 Å². The number of nitrogens with zero attached hydrogens (tertiary/aromatic N) is 3. The van der Waals surface area contributed by atoms with Crippen molar-refractivity contribution >= 4 is 11.6 Å². The van der Waals surface area contributed by atoms with Gasteiger partial charge in [-0.05, 0) is 38.4 Å². The lowest BCUT2D eigenvalue weighted by Crippen LogP contribution is -2.47. The monoisotopic (exact) mass is 321 g/mol. The van der Waals surface area contributed by atoms with Crippen molar-refractivity contribution in [1.29, 1.82) is 0 Å². The molecule has 2 atom stereocenters. The molecule has 0 radical (unpaired) electrons. The summed E-state index contributed by atoms with van der Waals surface area (Å²) < 4.78 is 5.32. The third-order valence-electron chi connectivity index (χ3n) is 4.24. The van der Waals surface area contributed by atoms with Crippen molar-refractivity contribution in [2.75, 3.05) is 13.1 Å². The highest BCUT2D eigenvalue weighted by molar-refractivity contribution is 6.30. The lowest BCUT2D eigenvalue weighted by molar-refractivity contribution is 0.0197. The first kappa shape index (κ1) is 15.5. The zero-order valence-electron chi connectivity index (χ0n) is 12.6. The number of likely N-dealkylation sites (tertiary alicyclic amines) is 1. The Morgan fingerprint density at radius 1 is 1.45 bits per heavy atom. The van der Waals surface area contributed by atoms with Crippen LogP contribution in [0.3, 0.4) is 0 Å². The second kappa shape index (κ2) is 6.77. The molecule has 2 aromatic rings. The first-order chi connectivity index (χ1) is 10.6. The number of hydrogen-bond acceptors (Lipinski definition) is 5. The number of benzene rings is 1. The van der Waals surface area contributed by atoms with Crippen LogP contribution in [0.15, 0.2) is 28.8 Å². The maximum Gasteiger partial charge on any atom is 0.228 e. The minimum absolute atomic E-state index is 0.184. The molecular formula is C16H20ClN3O2. The molecule has 1 aliphatic rings. The Morgan fingerprint density at radius 2 is 2.32 bits per heavy atom. The summed E-state index contributed by atoms with van der Waals surface area (Å²) in [7, 11) is 0. The van der Waals surface area contributed by atoms with Gasteiger partial charge in [-0.1, -0.05) is 28.9 Å². The summed E-state index contributed by atoms with van der Waals surface area (Å²) in [4.78, 5) is 6.70. The van der Waals surface area contributed by atoms with E-state index >= 15 is 0 Å². The lowest BCUT2D eigenvalue weighted by atomic mass is 10.0. The molecule has 118 valence electrons. The molecule has 1 aliphatic heterocycles. The number of halogens is 1. The summed E-state index contributed by atoms with van der Waals surface area (Å²) >= 11 is 5.98. The number of hydrogen-bond donors (Lipinski definition) is 1. The van der Waals surface area contributed by atoms with E-state index < -0.39 is 0 Å². The van der Waals surface area contributed by atoms with Gasteiger partial charge in [-0.15, -0.1) is 0 Å². The van der Waals surface area contributed by atoms with Gasteiger partial charge in [0.05, 0.1) is 6.10 Å². The molecule has 22 heavy (non-hydrogen) atoms. The fraction of sp³-hybridized carbons (Fsp3) is 0.500. The van der Waals surface area contributed by atoms with Gasteiger partial charge >= 0.3 is 0 Å². The molecular weight excluding hydrogens is 302 g/mol. The van der Waals surface area contributed by atoms with E-state index in [1.807, 2.05) is 24.3 Å². The molecule has 0 saturated carbocycles. The number of rotatable bonds is 4. The van der Waals surface area contributed by atoms with E-state index in [0.29, 0.717) is 23.2 Å². The van der Waals surface area contributed by atoms with Gasteiger partial charge in [-0.25, -0.2) is 0 Å². The van der Waals surface area contributed by atoms with Crippen LogP contribution < -0.4 is 0 Å². The highest BCUT2D eigenvalue weighted by atomic mass is 35.5. The molecule has 1 fully saturated rings. The Hall–Kier alpha value is -1.43. The number of piperidine rings is 1. The smallest absolute Gasteiger partial charge is 0.228 e. The van der Waals surface area contributed by atoms with Crippen LogP contribution in [0.4, 0.5) is 0 Å². The van der Waals surface area contributed by atoms with Crippen LogP contribution in [0, 0.1) is 0 Å². The van der Waals surface area contributed by atoms with Gasteiger partial charge in [0.1, 0.15) is 0 Å². The Morgan fingerprint density at radius 3 is 3.14 bits per heavy atom. The maximum absolute atomic E-state index is 9.92. The van der Waals surface area contributed by atoms with Gasteiger partial charge in [0.15, 0.2) is 0 Å². The minimum atomic E-state index is -0.238. The average molecular weight is 322 g/mol. The van der Waals surface area contributed by atoms with Crippen LogP contribution >= 0.6 is 11.6 Å². The molecule has 0 unspecified atom stereocenters. The van der Waals surface area contributed by atoms with Gasteiger partial charge in [-0.2, -0.15) is 4.98 Å². The van der Waals surface area contributed by atoms with Crippen LogP contribution in [0.1, 0.15) is 25.7 Å². The zero-order valence-corrected chi connectivity index (χ0v) is 13.3. The summed E-state index contributed by atoms with van der Waals surface area (Å²) in [6.07, 6.45) is 2.36. The molecule has 1 aromatic carbocycles. The van der Waals surface area contributed by atoms with Gasteiger partial charge < -0.3 is 9.63 Å². The molecule has 1 aromatic heterocycles. The SMILES string of the molecule is C[C@@H]1[C@H](O)CCCN1CCc1nc(-c2cccc(Cl)c2)no1. The van der Waals surface area contributed by atoms with E-state index in [1.54, 1.807) is 0 Å². The van der Waals surface area contributed by atoms with Crippen LogP contribution in [-0.4, -0.2) is 45.4 Å². The molecule has 5 nitrogen and oxygen atoms in total. The summed E-state index contributed by atoms with van der Waals surface area (Å²) in [5.74, 6) is 1.17. The predicted octanol–water partition coefficient (Wildman–Crippen LogP) is 2.78. The van der Waals surface area contributed by atoms with E-state index in [4.69, 9.17) is 16.1 Å². The third kappa shape index (κ3) is 3.48. The van der Waals surface area contributed by atoms with Crippen LogP contribution in [0.5, 0.6) is 0 Å². The van der Waals surface area contributed by atoms with Crippen molar-refractivity contribution in [3.05, 3.63) is 35.2 Å². The van der Waals surface area contributed by atoms with Crippen LogP contribution in [0.25, 0.3) is 11.4 Å². The molecule has 6 heteroatoms. The topological polar surface area (TPSA) is 62.4 Å². The summed E-state index contributed by atoms with van der Waals surface area (Å²) in [6, 6.07) is 7.59. The van der Waals surface area contributed by atoms with Crippen LogP contribution in [0.2, 0.25) is 5.02 Å². The fourth-order valence-corrected chi connectivity index (χ4v) is 3.04. The van der Waals surface area contributed by atoms with Crippen molar-refractivity contribution < 1.29 is 9.63 Å². The summed E-state index contributed by atoms with van der Waals surface area (Å²) in [5, 5.41) is 14.6. The molecule has 0 aliphatic carbocycles. The van der Waals surface area contributed by atoms with E-state index in [2.05, 4.69) is 22.0 Å². The normalized spacial score (nSPS) is 22.9. The highest BCUT2D eigenvalue weighted by Crippen LogP contribution is 2.21. The highest BCUT2D eigenvalue weighted by Gasteiger charge is 2.26. The average Bonchev–Trinajstić information content (AvgIpc) is 2.98. The molecule has 0 amide bonds. The molecule has 0 spiro atoms. The largest absolute Gasteiger partial charge is 0.392 e. The number of aliphatic hydroxyl groups is 1. The summed E-state index contributed by atoms with van der Waals surface area (Å²) in [5.41, 5.74) is 0.851. The molecule has 0 bridgehead atoms. The molecule has 1 saturated heterocycles. The summed E-state index contributed by atoms with van der Waals surface area (Å²) in [6.45, 7) is 3.89. The maximum atomic E-state index is 9.92. The van der Waals surface area contributed by atoms with E-state index in [1.165, 1.54) is 0 Å². The Kier molecular flexibility index (Phi) is 4.76. The van der Waals surface area contributed by atoms with Gasteiger partial charge in [0.25, 0.3) is 0 Å². The van der Waals surface area contributed by atoms with Crippen molar-refractivity contribution in [2.24, 2.45) is 0 Å². The standard InChI is InChI=1S/C16H20ClN3O2/c1-11-14(21)6-3-8-20(11)9-7-15-18-16(19-22-15)12-4-2-5-13(17)10-12/h2,4-5,10-11,14,21H,3,6-9H2,1H3/t11-,14-/m1/s1. The predicted molar refractivity (Wildman–Crippen MR) is 84.7 cm³/mol. The van der Waals surface area contributed by atoms with E-state index in [9.17, 15) is 5.11 Å². The van der Waals surface area contributed by atoms with Gasteiger partial charge in [0.2, 0.25) is 11.7 Å². The van der Waals surface area contributed by atoms with Gasteiger partial charge in [-0.3, -0.25) is 4.90 Å². The number of aromatic nitrogens is 2. The van der Waals surface area contributed by atoms with Crippen LogP contribution in [-0.2, 0) is 6.42 Å². The first-order valence-electron chi connectivity index (χ1n) is 7.64. The minimum Gasteiger partial charge on any atom is -0.392 e.